The normalized spacial score (nSPS) is 11.5. The van der Waals surface area contributed by atoms with E-state index in [9.17, 15) is 4.79 Å². The first-order valence-corrected chi connectivity index (χ1v) is 7.91. The first-order chi connectivity index (χ1) is 11.7. The van der Waals surface area contributed by atoms with Gasteiger partial charge in [-0.1, -0.05) is 54.6 Å². The molecule has 0 amide bonds. The summed E-state index contributed by atoms with van der Waals surface area (Å²) in [7, 11) is 0. The topological polar surface area (TPSA) is 30.2 Å². The van der Waals surface area contributed by atoms with Crippen molar-refractivity contribution in [3.63, 3.8) is 0 Å². The molecule has 0 bridgehead atoms. The van der Waals surface area contributed by atoms with Crippen LogP contribution in [0.15, 0.2) is 75.9 Å². The molecule has 3 aromatic carbocycles. The fraction of sp³-hybridized carbons (Fsp3) is 0.0455. The van der Waals surface area contributed by atoms with Crippen molar-refractivity contribution in [3.05, 3.63) is 94.0 Å². The number of aryl methyl sites for hydroxylation is 1. The van der Waals surface area contributed by atoms with Crippen molar-refractivity contribution in [1.82, 2.24) is 0 Å². The quantitative estimate of drug-likeness (QED) is 0.462. The van der Waals surface area contributed by atoms with Crippen molar-refractivity contribution < 1.29 is 4.42 Å². The summed E-state index contributed by atoms with van der Waals surface area (Å²) in [6.45, 7) is 1.89. The van der Waals surface area contributed by atoms with Crippen LogP contribution in [0.5, 0.6) is 0 Å². The summed E-state index contributed by atoms with van der Waals surface area (Å²) in [4.78, 5) is 11.5. The molecule has 0 aliphatic rings. The minimum Gasteiger partial charge on any atom is -0.423 e. The van der Waals surface area contributed by atoms with Crippen LogP contribution in [0.4, 0.5) is 0 Å². The summed E-state index contributed by atoms with van der Waals surface area (Å²) in [6.07, 6.45) is 3.89. The molecule has 0 fully saturated rings. The maximum atomic E-state index is 11.5. The molecule has 0 saturated heterocycles. The van der Waals surface area contributed by atoms with E-state index in [0.29, 0.717) is 5.76 Å². The molecular weight excluding hydrogens is 296 g/mol. The lowest BCUT2D eigenvalue weighted by molar-refractivity contribution is 0.500. The molecular formula is C22H16O2. The van der Waals surface area contributed by atoms with Crippen molar-refractivity contribution in [2.24, 2.45) is 0 Å². The fourth-order valence-electron chi connectivity index (χ4n) is 3.10. The van der Waals surface area contributed by atoms with E-state index in [1.54, 1.807) is 0 Å². The van der Waals surface area contributed by atoms with Gasteiger partial charge in [0.15, 0.2) is 0 Å². The Morgan fingerprint density at radius 2 is 1.42 bits per heavy atom. The van der Waals surface area contributed by atoms with Crippen molar-refractivity contribution in [1.29, 1.82) is 0 Å². The van der Waals surface area contributed by atoms with Crippen LogP contribution >= 0.6 is 0 Å². The Morgan fingerprint density at radius 1 is 0.792 bits per heavy atom. The van der Waals surface area contributed by atoms with Crippen LogP contribution in [-0.2, 0) is 0 Å². The lowest BCUT2D eigenvalue weighted by Gasteiger charge is -2.08. The molecule has 0 spiro atoms. The molecule has 0 aliphatic carbocycles. The van der Waals surface area contributed by atoms with Crippen LogP contribution in [0.25, 0.3) is 33.7 Å². The van der Waals surface area contributed by atoms with Gasteiger partial charge in [0.2, 0.25) is 0 Å². The van der Waals surface area contributed by atoms with Gasteiger partial charge < -0.3 is 4.42 Å². The molecule has 0 saturated carbocycles. The lowest BCUT2D eigenvalue weighted by atomic mass is 9.96. The van der Waals surface area contributed by atoms with E-state index < -0.39 is 0 Å². The van der Waals surface area contributed by atoms with E-state index in [0.717, 1.165) is 11.1 Å². The van der Waals surface area contributed by atoms with Crippen molar-refractivity contribution in [2.45, 2.75) is 6.92 Å². The van der Waals surface area contributed by atoms with Gasteiger partial charge in [0, 0.05) is 6.07 Å². The van der Waals surface area contributed by atoms with Crippen molar-refractivity contribution in [3.8, 4) is 0 Å². The third-order valence-electron chi connectivity index (χ3n) is 4.16. The van der Waals surface area contributed by atoms with E-state index in [1.165, 1.54) is 27.6 Å². The number of rotatable bonds is 2. The second kappa shape index (κ2) is 5.82. The minimum absolute atomic E-state index is 0.322. The van der Waals surface area contributed by atoms with Gasteiger partial charge in [-0.2, -0.15) is 0 Å². The molecule has 4 aromatic rings. The largest absolute Gasteiger partial charge is 0.423 e. The van der Waals surface area contributed by atoms with Crippen LogP contribution in [0.1, 0.15) is 16.9 Å². The van der Waals surface area contributed by atoms with E-state index in [1.807, 2.05) is 49.4 Å². The number of hydrogen-bond donors (Lipinski definition) is 0. The van der Waals surface area contributed by atoms with Crippen molar-refractivity contribution in [2.75, 3.05) is 0 Å². The lowest BCUT2D eigenvalue weighted by Crippen LogP contribution is -1.97. The first-order valence-electron chi connectivity index (χ1n) is 7.91. The predicted octanol–water partition coefficient (Wildman–Crippen LogP) is 5.43. The zero-order chi connectivity index (χ0) is 16.5. The zero-order valence-electron chi connectivity index (χ0n) is 13.3. The number of benzene rings is 3. The Balaban J connectivity index is 1.96. The molecule has 4 rings (SSSR count). The van der Waals surface area contributed by atoms with E-state index in [-0.39, 0.29) is 5.63 Å². The van der Waals surface area contributed by atoms with E-state index in [2.05, 4.69) is 30.3 Å². The van der Waals surface area contributed by atoms with Gasteiger partial charge in [-0.05, 0) is 57.8 Å². The van der Waals surface area contributed by atoms with Gasteiger partial charge in [0.05, 0.1) is 0 Å². The maximum Gasteiger partial charge on any atom is 0.336 e. The van der Waals surface area contributed by atoms with Crippen LogP contribution in [-0.4, -0.2) is 0 Å². The van der Waals surface area contributed by atoms with Gasteiger partial charge in [-0.25, -0.2) is 4.79 Å². The molecule has 0 aliphatic heterocycles. The summed E-state index contributed by atoms with van der Waals surface area (Å²) in [6, 6.07) is 22.2. The van der Waals surface area contributed by atoms with Gasteiger partial charge in [0.25, 0.3) is 0 Å². The molecule has 0 atom stereocenters. The first kappa shape index (κ1) is 14.5. The third-order valence-corrected chi connectivity index (χ3v) is 4.16. The Morgan fingerprint density at radius 3 is 2.04 bits per heavy atom. The zero-order valence-corrected chi connectivity index (χ0v) is 13.3. The Hall–Kier alpha value is -3.13. The fourth-order valence-corrected chi connectivity index (χ4v) is 3.10. The summed E-state index contributed by atoms with van der Waals surface area (Å²) >= 11 is 0. The Bertz CT molecular complexity index is 1080. The second-order valence-electron chi connectivity index (χ2n) is 5.92. The Labute approximate surface area is 139 Å². The van der Waals surface area contributed by atoms with Gasteiger partial charge >= 0.3 is 5.63 Å². The highest BCUT2D eigenvalue weighted by molar-refractivity contribution is 6.07. The highest BCUT2D eigenvalue weighted by Crippen LogP contribution is 2.29. The van der Waals surface area contributed by atoms with Gasteiger partial charge in [0.1, 0.15) is 5.76 Å². The van der Waals surface area contributed by atoms with E-state index >= 15 is 0 Å². The molecule has 116 valence electrons. The predicted molar refractivity (Wildman–Crippen MR) is 100 cm³/mol. The average Bonchev–Trinajstić information content (AvgIpc) is 2.58. The van der Waals surface area contributed by atoms with Crippen LogP contribution in [0.2, 0.25) is 0 Å². The summed E-state index contributed by atoms with van der Waals surface area (Å²) < 4.78 is 5.26. The Kier molecular flexibility index (Phi) is 3.51. The van der Waals surface area contributed by atoms with Crippen LogP contribution in [0, 0.1) is 6.92 Å². The second-order valence-corrected chi connectivity index (χ2v) is 5.92. The number of hydrogen-bond acceptors (Lipinski definition) is 2. The monoisotopic (exact) mass is 312 g/mol. The van der Waals surface area contributed by atoms with Gasteiger partial charge in [-0.3, -0.25) is 0 Å². The summed E-state index contributed by atoms with van der Waals surface area (Å²) in [5, 5.41) is 4.76. The molecule has 0 N–H and O–H groups in total. The van der Waals surface area contributed by atoms with Crippen LogP contribution < -0.4 is 5.63 Å². The molecule has 0 unspecified atom stereocenters. The molecule has 24 heavy (non-hydrogen) atoms. The maximum absolute atomic E-state index is 11.5. The minimum atomic E-state index is -0.322. The SMILES string of the molecule is Cc1cc(/C=C/c2c3ccccc3cc3ccccc23)oc(=O)c1. The summed E-state index contributed by atoms with van der Waals surface area (Å²) in [5.74, 6) is 0.567. The van der Waals surface area contributed by atoms with E-state index in [4.69, 9.17) is 4.42 Å². The van der Waals surface area contributed by atoms with Crippen molar-refractivity contribution >= 4 is 33.7 Å². The summed E-state index contributed by atoms with van der Waals surface area (Å²) in [5.41, 5.74) is 1.71. The molecule has 2 nitrogen and oxygen atoms in total. The van der Waals surface area contributed by atoms with Crippen LogP contribution in [0.3, 0.4) is 0 Å². The average molecular weight is 312 g/mol. The van der Waals surface area contributed by atoms with Gasteiger partial charge in [-0.15, -0.1) is 0 Å². The molecule has 0 radical (unpaired) electrons. The molecule has 1 aromatic heterocycles. The smallest absolute Gasteiger partial charge is 0.336 e. The standard InChI is InChI=1S/C22H16O2/c1-15-12-18(24-22(23)13-15)10-11-21-19-8-4-2-6-16(19)14-17-7-3-5-9-20(17)21/h2-14H,1H3/b11-10+. The highest BCUT2D eigenvalue weighted by atomic mass is 16.4. The molecule has 2 heteroatoms. The third kappa shape index (κ3) is 2.63. The molecule has 1 heterocycles. The highest BCUT2D eigenvalue weighted by Gasteiger charge is 2.05. The number of fused-ring (bicyclic) bond motifs is 2.